The zero-order valence-electron chi connectivity index (χ0n) is 18.4. The van der Waals surface area contributed by atoms with Crippen LogP contribution in [0.15, 0.2) is 41.7 Å². The van der Waals surface area contributed by atoms with Gasteiger partial charge in [0.15, 0.2) is 0 Å². The smallest absolute Gasteiger partial charge is 0.237 e. The van der Waals surface area contributed by atoms with E-state index in [9.17, 15) is 4.79 Å². The van der Waals surface area contributed by atoms with E-state index in [-0.39, 0.29) is 16.8 Å². The molecule has 1 unspecified atom stereocenters. The van der Waals surface area contributed by atoms with E-state index in [4.69, 9.17) is 9.72 Å². The number of pyridine rings is 1. The predicted octanol–water partition coefficient (Wildman–Crippen LogP) is 5.52. The van der Waals surface area contributed by atoms with Crippen molar-refractivity contribution in [2.24, 2.45) is 0 Å². The van der Waals surface area contributed by atoms with Gasteiger partial charge in [-0.2, -0.15) is 0 Å². The lowest BCUT2D eigenvalue weighted by Crippen LogP contribution is -2.32. The summed E-state index contributed by atoms with van der Waals surface area (Å²) >= 11 is 3.04. The van der Waals surface area contributed by atoms with Gasteiger partial charge >= 0.3 is 0 Å². The van der Waals surface area contributed by atoms with Gasteiger partial charge in [0.2, 0.25) is 5.91 Å². The van der Waals surface area contributed by atoms with Crippen LogP contribution in [-0.2, 0) is 22.6 Å². The average Bonchev–Trinajstić information content (AvgIpc) is 3.11. The van der Waals surface area contributed by atoms with Gasteiger partial charge < -0.3 is 10.1 Å². The van der Waals surface area contributed by atoms with Gasteiger partial charge in [0.05, 0.1) is 33.4 Å². The molecule has 4 aromatic rings. The molecular formula is C24H24N4O2S2. The van der Waals surface area contributed by atoms with Crippen molar-refractivity contribution in [3.63, 3.8) is 0 Å². The summed E-state index contributed by atoms with van der Waals surface area (Å²) in [5.74, 6) is -0.0558. The van der Waals surface area contributed by atoms with Gasteiger partial charge in [0.25, 0.3) is 0 Å². The number of carbonyl (C=O) groups is 1. The number of hydrogen-bond donors (Lipinski definition) is 1. The Balaban J connectivity index is 1.44. The number of thiophene rings is 1. The quantitative estimate of drug-likeness (QED) is 0.317. The zero-order chi connectivity index (χ0) is 22.5. The van der Waals surface area contributed by atoms with Crippen LogP contribution >= 0.6 is 23.1 Å². The molecule has 0 aliphatic carbocycles. The third kappa shape index (κ3) is 4.10. The van der Waals surface area contributed by atoms with Gasteiger partial charge in [-0.15, -0.1) is 11.3 Å². The summed E-state index contributed by atoms with van der Waals surface area (Å²) in [6.45, 7) is 8.66. The van der Waals surface area contributed by atoms with Crippen molar-refractivity contribution in [1.82, 2.24) is 15.0 Å². The van der Waals surface area contributed by atoms with Gasteiger partial charge in [0, 0.05) is 23.1 Å². The maximum atomic E-state index is 12.7. The largest absolute Gasteiger partial charge is 0.370 e. The minimum Gasteiger partial charge on any atom is -0.370 e. The van der Waals surface area contributed by atoms with Crippen LogP contribution in [0, 0.1) is 6.92 Å². The summed E-state index contributed by atoms with van der Waals surface area (Å²) < 4.78 is 6.94. The van der Waals surface area contributed by atoms with Crippen molar-refractivity contribution < 1.29 is 9.53 Å². The normalized spacial score (nSPS) is 16.1. The number of hydrogen-bond acceptors (Lipinski definition) is 7. The molecule has 1 aliphatic rings. The first kappa shape index (κ1) is 21.3. The van der Waals surface area contributed by atoms with Gasteiger partial charge in [-0.3, -0.25) is 4.79 Å². The molecule has 0 fully saturated rings. The minimum absolute atomic E-state index is 0.0558. The lowest BCUT2D eigenvalue weighted by atomic mass is 9.95. The summed E-state index contributed by atoms with van der Waals surface area (Å²) in [5.41, 5.74) is 4.84. The number of nitrogens with zero attached hydrogens (tertiary/aromatic N) is 3. The molecule has 6 nitrogen and oxygen atoms in total. The molecule has 4 heterocycles. The second-order valence-electron chi connectivity index (χ2n) is 8.75. The van der Waals surface area contributed by atoms with E-state index < -0.39 is 0 Å². The molecule has 0 saturated carbocycles. The number of amides is 1. The molecule has 1 aliphatic heterocycles. The Labute approximate surface area is 194 Å². The first-order chi connectivity index (χ1) is 15.3. The van der Waals surface area contributed by atoms with Gasteiger partial charge in [0.1, 0.15) is 16.2 Å². The van der Waals surface area contributed by atoms with E-state index in [2.05, 4.69) is 35.2 Å². The highest BCUT2D eigenvalue weighted by Gasteiger charge is 2.28. The molecule has 0 spiro atoms. The zero-order valence-corrected chi connectivity index (χ0v) is 20.1. The fourth-order valence-electron chi connectivity index (χ4n) is 3.75. The van der Waals surface area contributed by atoms with Gasteiger partial charge in [-0.25, -0.2) is 15.0 Å². The van der Waals surface area contributed by atoms with Crippen LogP contribution in [0.25, 0.3) is 20.4 Å². The predicted molar refractivity (Wildman–Crippen MR) is 130 cm³/mol. The van der Waals surface area contributed by atoms with Crippen molar-refractivity contribution in [2.75, 3.05) is 5.32 Å². The molecule has 8 heteroatoms. The standard InChI is InChI=1S/C24H24N4O2S2/c1-13-5-7-16(8-6-13)27-21(29)14(2)31-23-20-19(25-12-26-23)17-9-15-11-30-24(3,4)10-18(15)28-22(17)32-20/h5-9,12,14H,10-11H2,1-4H3,(H,27,29). The number of fused-ring (bicyclic) bond motifs is 4. The molecule has 1 aromatic carbocycles. The van der Waals surface area contributed by atoms with Gasteiger partial charge in [-0.1, -0.05) is 29.5 Å². The van der Waals surface area contributed by atoms with E-state index in [1.165, 1.54) is 11.8 Å². The number of aryl methyl sites for hydroxylation is 1. The Morgan fingerprint density at radius 2 is 2.03 bits per heavy atom. The second kappa shape index (κ2) is 8.10. The molecular weight excluding hydrogens is 440 g/mol. The molecule has 0 saturated heterocycles. The van der Waals surface area contributed by atoms with Crippen LogP contribution in [0.3, 0.4) is 0 Å². The summed E-state index contributed by atoms with van der Waals surface area (Å²) in [6, 6.07) is 9.95. The Bertz CT molecular complexity index is 1330. The maximum absolute atomic E-state index is 12.7. The van der Waals surface area contributed by atoms with Crippen LogP contribution < -0.4 is 5.32 Å². The summed E-state index contributed by atoms with van der Waals surface area (Å²) in [7, 11) is 0. The van der Waals surface area contributed by atoms with Crippen molar-refractivity contribution in [3.05, 3.63) is 53.5 Å². The number of anilines is 1. The number of ether oxygens (including phenoxy) is 1. The van der Waals surface area contributed by atoms with Crippen molar-refractivity contribution in [2.45, 2.75) is 56.6 Å². The molecule has 1 amide bonds. The molecule has 5 rings (SSSR count). The van der Waals surface area contributed by atoms with E-state index in [1.807, 2.05) is 38.1 Å². The third-order valence-electron chi connectivity index (χ3n) is 5.57. The van der Waals surface area contributed by atoms with E-state index >= 15 is 0 Å². The molecule has 32 heavy (non-hydrogen) atoms. The summed E-state index contributed by atoms with van der Waals surface area (Å²) in [5, 5.41) is 4.50. The van der Waals surface area contributed by atoms with E-state index in [0.717, 1.165) is 54.4 Å². The van der Waals surface area contributed by atoms with Crippen LogP contribution in [-0.4, -0.2) is 31.7 Å². The minimum atomic E-state index is -0.310. The van der Waals surface area contributed by atoms with Crippen LogP contribution in [0.1, 0.15) is 37.6 Å². The highest BCUT2D eigenvalue weighted by Crippen LogP contribution is 2.39. The number of benzene rings is 1. The summed E-state index contributed by atoms with van der Waals surface area (Å²) in [4.78, 5) is 27.7. The molecule has 164 valence electrons. The maximum Gasteiger partial charge on any atom is 0.237 e. The molecule has 0 radical (unpaired) electrons. The second-order valence-corrected chi connectivity index (χ2v) is 11.1. The Morgan fingerprint density at radius 1 is 1.25 bits per heavy atom. The molecule has 1 atom stereocenters. The van der Waals surface area contributed by atoms with Crippen LogP contribution in [0.2, 0.25) is 0 Å². The first-order valence-electron chi connectivity index (χ1n) is 10.5. The number of aromatic nitrogens is 3. The number of nitrogens with one attached hydrogen (secondary N) is 1. The topological polar surface area (TPSA) is 77.0 Å². The monoisotopic (exact) mass is 464 g/mol. The first-order valence-corrected chi connectivity index (χ1v) is 12.2. The Morgan fingerprint density at radius 3 is 2.81 bits per heavy atom. The van der Waals surface area contributed by atoms with E-state index in [0.29, 0.717) is 6.61 Å². The lowest BCUT2D eigenvalue weighted by Gasteiger charge is -2.30. The number of carbonyl (C=O) groups excluding carboxylic acids is 1. The number of rotatable bonds is 4. The fraction of sp³-hybridized carbons (Fsp3) is 0.333. The fourth-order valence-corrected chi connectivity index (χ4v) is 5.85. The third-order valence-corrected chi connectivity index (χ3v) is 7.89. The summed E-state index contributed by atoms with van der Waals surface area (Å²) in [6.07, 6.45) is 2.36. The highest BCUT2D eigenvalue weighted by molar-refractivity contribution is 8.00. The van der Waals surface area contributed by atoms with Crippen LogP contribution in [0.5, 0.6) is 0 Å². The van der Waals surface area contributed by atoms with Crippen molar-refractivity contribution in [3.8, 4) is 0 Å². The average molecular weight is 465 g/mol. The SMILES string of the molecule is Cc1ccc(NC(=O)C(C)Sc2ncnc3c2sc2nc4c(cc23)COC(C)(C)C4)cc1. The highest BCUT2D eigenvalue weighted by atomic mass is 32.2. The van der Waals surface area contributed by atoms with Crippen molar-refractivity contribution in [1.29, 1.82) is 0 Å². The number of thioether (sulfide) groups is 1. The Hall–Kier alpha value is -2.55. The lowest BCUT2D eigenvalue weighted by molar-refractivity contribution is -0.115. The van der Waals surface area contributed by atoms with Crippen molar-refractivity contribution >= 4 is 55.1 Å². The molecule has 1 N–H and O–H groups in total. The Kier molecular flexibility index (Phi) is 5.39. The van der Waals surface area contributed by atoms with E-state index in [1.54, 1.807) is 17.7 Å². The van der Waals surface area contributed by atoms with Crippen LogP contribution in [0.4, 0.5) is 5.69 Å². The molecule has 0 bridgehead atoms. The van der Waals surface area contributed by atoms with Gasteiger partial charge in [-0.05, 0) is 45.9 Å². The molecule has 3 aromatic heterocycles.